The third kappa shape index (κ3) is 2.80. The van der Waals surface area contributed by atoms with Crippen molar-refractivity contribution in [2.24, 2.45) is 0 Å². The maximum Gasteiger partial charge on any atom is 0.257 e. The molecule has 3 heterocycles. The molecule has 0 radical (unpaired) electrons. The Morgan fingerprint density at radius 1 is 1.22 bits per heavy atom. The quantitative estimate of drug-likeness (QED) is 0.802. The Morgan fingerprint density at radius 2 is 2.09 bits per heavy atom. The van der Waals surface area contributed by atoms with Crippen molar-refractivity contribution in [2.75, 3.05) is 11.9 Å². The van der Waals surface area contributed by atoms with E-state index in [0.717, 1.165) is 30.0 Å². The number of ether oxygens (including phenoxy) is 1. The minimum absolute atomic E-state index is 0.185. The smallest absolute Gasteiger partial charge is 0.257 e. The number of thiazole rings is 1. The van der Waals surface area contributed by atoms with Gasteiger partial charge in [-0.15, -0.1) is 11.3 Å². The number of anilines is 1. The third-order valence-electron chi connectivity index (χ3n) is 3.65. The van der Waals surface area contributed by atoms with Crippen molar-refractivity contribution in [1.82, 2.24) is 9.97 Å². The van der Waals surface area contributed by atoms with E-state index in [1.54, 1.807) is 24.5 Å². The summed E-state index contributed by atoms with van der Waals surface area (Å²) in [7, 11) is 0. The van der Waals surface area contributed by atoms with Crippen molar-refractivity contribution >= 4 is 22.4 Å². The maximum atomic E-state index is 12.1. The summed E-state index contributed by atoms with van der Waals surface area (Å²) < 4.78 is 5.52. The van der Waals surface area contributed by atoms with Gasteiger partial charge in [-0.3, -0.25) is 15.1 Å². The molecule has 0 unspecified atom stereocenters. The van der Waals surface area contributed by atoms with Crippen LogP contribution < -0.4 is 10.1 Å². The number of carbonyl (C=O) groups is 1. The van der Waals surface area contributed by atoms with Gasteiger partial charge in [-0.05, 0) is 35.9 Å². The number of nitrogens with one attached hydrogen (secondary N) is 1. The Kier molecular flexibility index (Phi) is 3.51. The molecule has 1 N–H and O–H groups in total. The summed E-state index contributed by atoms with van der Waals surface area (Å²) in [5.74, 6) is 0.769. The second-order valence-electron chi connectivity index (χ2n) is 5.15. The van der Waals surface area contributed by atoms with Crippen LogP contribution in [0.5, 0.6) is 5.75 Å². The number of carbonyl (C=O) groups excluding carboxylic acids is 1. The van der Waals surface area contributed by atoms with Gasteiger partial charge in [-0.2, -0.15) is 0 Å². The fourth-order valence-corrected chi connectivity index (χ4v) is 3.20. The van der Waals surface area contributed by atoms with Gasteiger partial charge in [0.2, 0.25) is 0 Å². The van der Waals surface area contributed by atoms with Gasteiger partial charge in [0.1, 0.15) is 5.75 Å². The molecule has 0 fully saturated rings. The van der Waals surface area contributed by atoms with E-state index in [4.69, 9.17) is 4.74 Å². The molecule has 23 heavy (non-hydrogen) atoms. The summed E-state index contributed by atoms with van der Waals surface area (Å²) in [4.78, 5) is 20.5. The zero-order valence-corrected chi connectivity index (χ0v) is 13.0. The Hall–Kier alpha value is -2.73. The van der Waals surface area contributed by atoms with Gasteiger partial charge in [-0.25, -0.2) is 4.98 Å². The number of benzene rings is 1. The zero-order valence-electron chi connectivity index (χ0n) is 12.2. The van der Waals surface area contributed by atoms with Crippen LogP contribution in [0.1, 0.15) is 15.9 Å². The van der Waals surface area contributed by atoms with E-state index in [-0.39, 0.29) is 5.91 Å². The van der Waals surface area contributed by atoms with Gasteiger partial charge in [0.15, 0.2) is 5.13 Å². The molecule has 1 aliphatic heterocycles. The van der Waals surface area contributed by atoms with Crippen LogP contribution in [0.15, 0.2) is 48.1 Å². The van der Waals surface area contributed by atoms with Gasteiger partial charge >= 0.3 is 0 Å². The number of aromatic nitrogens is 2. The highest BCUT2D eigenvalue weighted by Gasteiger charge is 2.14. The molecule has 3 aromatic rings. The summed E-state index contributed by atoms with van der Waals surface area (Å²) in [6.45, 7) is 0.739. The van der Waals surface area contributed by atoms with Crippen LogP contribution in [-0.4, -0.2) is 22.5 Å². The molecule has 0 bridgehead atoms. The second-order valence-corrected chi connectivity index (χ2v) is 6.01. The van der Waals surface area contributed by atoms with Crippen LogP contribution in [0, 0.1) is 0 Å². The molecule has 0 saturated heterocycles. The van der Waals surface area contributed by atoms with Crippen molar-refractivity contribution < 1.29 is 9.53 Å². The van der Waals surface area contributed by atoms with Gasteiger partial charge in [0.25, 0.3) is 5.91 Å². The number of hydrogen-bond donors (Lipinski definition) is 1. The molecule has 5 nitrogen and oxygen atoms in total. The van der Waals surface area contributed by atoms with Crippen molar-refractivity contribution in [1.29, 1.82) is 0 Å². The lowest BCUT2D eigenvalue weighted by atomic mass is 10.1. The molecular weight excluding hydrogens is 310 g/mol. The van der Waals surface area contributed by atoms with Gasteiger partial charge < -0.3 is 4.74 Å². The van der Waals surface area contributed by atoms with E-state index in [9.17, 15) is 4.79 Å². The Bertz CT molecular complexity index is 861. The van der Waals surface area contributed by atoms with Gasteiger partial charge in [0.05, 0.1) is 12.3 Å². The average molecular weight is 323 g/mol. The second kappa shape index (κ2) is 5.81. The first-order valence-corrected chi connectivity index (χ1v) is 8.10. The SMILES string of the molecule is O=C(Nc1nc(-c2ccc3c(c2)CCO3)cs1)c1ccncc1. The van der Waals surface area contributed by atoms with Crippen LogP contribution in [0.25, 0.3) is 11.3 Å². The number of nitrogens with zero attached hydrogens (tertiary/aromatic N) is 2. The molecule has 2 aromatic heterocycles. The fourth-order valence-electron chi connectivity index (χ4n) is 2.48. The summed E-state index contributed by atoms with van der Waals surface area (Å²) in [5.41, 5.74) is 3.66. The Morgan fingerprint density at radius 3 is 2.96 bits per heavy atom. The predicted octanol–water partition coefficient (Wildman–Crippen LogP) is 3.39. The number of rotatable bonds is 3. The highest BCUT2D eigenvalue weighted by atomic mass is 32.1. The van der Waals surface area contributed by atoms with Crippen LogP contribution in [0.3, 0.4) is 0 Å². The molecule has 1 aliphatic rings. The van der Waals surface area contributed by atoms with E-state index in [1.807, 2.05) is 17.5 Å². The summed E-state index contributed by atoms with van der Waals surface area (Å²) >= 11 is 1.41. The molecule has 0 atom stereocenters. The molecule has 4 rings (SSSR count). The van der Waals surface area contributed by atoms with Crippen molar-refractivity contribution in [3.63, 3.8) is 0 Å². The topological polar surface area (TPSA) is 64.1 Å². The third-order valence-corrected chi connectivity index (χ3v) is 4.41. The van der Waals surface area contributed by atoms with Crippen molar-refractivity contribution in [3.05, 3.63) is 59.2 Å². The molecule has 1 amide bonds. The first-order chi connectivity index (χ1) is 11.3. The van der Waals surface area contributed by atoms with Crippen LogP contribution in [0.4, 0.5) is 5.13 Å². The first-order valence-electron chi connectivity index (χ1n) is 7.22. The summed E-state index contributed by atoms with van der Waals surface area (Å²) in [6, 6.07) is 9.42. The normalized spacial score (nSPS) is 12.5. The lowest BCUT2D eigenvalue weighted by Gasteiger charge is -2.02. The van der Waals surface area contributed by atoms with E-state index >= 15 is 0 Å². The van der Waals surface area contributed by atoms with Crippen LogP contribution in [-0.2, 0) is 6.42 Å². The van der Waals surface area contributed by atoms with Crippen LogP contribution >= 0.6 is 11.3 Å². The highest BCUT2D eigenvalue weighted by Crippen LogP contribution is 2.31. The van der Waals surface area contributed by atoms with E-state index in [2.05, 4.69) is 21.4 Å². The molecule has 6 heteroatoms. The lowest BCUT2D eigenvalue weighted by molar-refractivity contribution is 0.102. The molecule has 0 spiro atoms. The molecule has 0 aliphatic carbocycles. The van der Waals surface area contributed by atoms with Gasteiger partial charge in [-0.1, -0.05) is 0 Å². The van der Waals surface area contributed by atoms with Crippen molar-refractivity contribution in [3.8, 4) is 17.0 Å². The van der Waals surface area contributed by atoms with Gasteiger partial charge in [0, 0.05) is 35.3 Å². The predicted molar refractivity (Wildman–Crippen MR) is 88.9 cm³/mol. The number of fused-ring (bicyclic) bond motifs is 1. The number of amides is 1. The first kappa shape index (κ1) is 13.9. The minimum Gasteiger partial charge on any atom is -0.493 e. The van der Waals surface area contributed by atoms with E-state index < -0.39 is 0 Å². The largest absolute Gasteiger partial charge is 0.493 e. The zero-order chi connectivity index (χ0) is 15.6. The Labute approximate surface area is 137 Å². The maximum absolute atomic E-state index is 12.1. The summed E-state index contributed by atoms with van der Waals surface area (Å²) in [6.07, 6.45) is 4.11. The molecule has 0 saturated carbocycles. The lowest BCUT2D eigenvalue weighted by Crippen LogP contribution is -2.11. The Balaban J connectivity index is 1.54. The van der Waals surface area contributed by atoms with E-state index in [0.29, 0.717) is 10.7 Å². The number of pyridine rings is 1. The molecule has 1 aromatic carbocycles. The van der Waals surface area contributed by atoms with Crippen LogP contribution in [0.2, 0.25) is 0 Å². The standard InChI is InChI=1S/C17H13N3O2S/c21-16(11-3-6-18-7-4-11)20-17-19-14(10-23-17)12-1-2-15-13(9-12)5-8-22-15/h1-4,6-7,9-10H,5,8H2,(H,19,20,21). The summed E-state index contributed by atoms with van der Waals surface area (Å²) in [5, 5.41) is 5.34. The number of hydrogen-bond acceptors (Lipinski definition) is 5. The van der Waals surface area contributed by atoms with E-state index in [1.165, 1.54) is 16.9 Å². The average Bonchev–Trinajstić information content (AvgIpc) is 3.23. The van der Waals surface area contributed by atoms with Crippen molar-refractivity contribution in [2.45, 2.75) is 6.42 Å². The minimum atomic E-state index is -0.185. The molecular formula is C17H13N3O2S. The molecule has 114 valence electrons. The highest BCUT2D eigenvalue weighted by molar-refractivity contribution is 7.14. The fraction of sp³-hybridized carbons (Fsp3) is 0.118. The monoisotopic (exact) mass is 323 g/mol.